The third kappa shape index (κ3) is 4.37. The van der Waals surface area contributed by atoms with E-state index in [1.165, 1.54) is 0 Å². The van der Waals surface area contributed by atoms with Crippen LogP contribution in [-0.2, 0) is 16.1 Å². The first-order chi connectivity index (χ1) is 14.1. The Morgan fingerprint density at radius 1 is 1.21 bits per heavy atom. The van der Waals surface area contributed by atoms with Crippen LogP contribution in [0.3, 0.4) is 0 Å². The largest absolute Gasteiger partial charge is 0.331 e. The van der Waals surface area contributed by atoms with Gasteiger partial charge in [0.25, 0.3) is 0 Å². The number of amides is 2. The minimum atomic E-state index is -0.435. The van der Waals surface area contributed by atoms with Crippen LogP contribution in [0.4, 0.5) is 5.69 Å². The molecule has 1 aromatic carbocycles. The molecule has 0 spiro atoms. The highest BCUT2D eigenvalue weighted by Crippen LogP contribution is 2.21. The molecule has 0 bridgehead atoms. The average molecular weight is 392 g/mol. The van der Waals surface area contributed by atoms with Crippen molar-refractivity contribution in [1.82, 2.24) is 24.5 Å². The Balaban J connectivity index is 1.38. The SMILES string of the molecule is Cc1ccn(CCC(=O)N2CCCC2C(=O)Nc2cccc(-n3cccn3)c2)n1. The lowest BCUT2D eigenvalue weighted by Gasteiger charge is -2.24. The second-order valence-corrected chi connectivity index (χ2v) is 7.21. The van der Waals surface area contributed by atoms with Crippen molar-refractivity contribution in [2.75, 3.05) is 11.9 Å². The van der Waals surface area contributed by atoms with E-state index < -0.39 is 6.04 Å². The first-order valence-corrected chi connectivity index (χ1v) is 9.80. The Morgan fingerprint density at radius 2 is 2.10 bits per heavy atom. The van der Waals surface area contributed by atoms with Gasteiger partial charge in [0, 0.05) is 43.8 Å². The summed E-state index contributed by atoms with van der Waals surface area (Å²) in [7, 11) is 0. The van der Waals surface area contributed by atoms with Crippen molar-refractivity contribution in [3.63, 3.8) is 0 Å². The lowest BCUT2D eigenvalue weighted by atomic mass is 10.2. The number of hydrogen-bond donors (Lipinski definition) is 1. The zero-order valence-corrected chi connectivity index (χ0v) is 16.4. The van der Waals surface area contributed by atoms with Crippen LogP contribution < -0.4 is 5.32 Å². The van der Waals surface area contributed by atoms with E-state index in [9.17, 15) is 9.59 Å². The summed E-state index contributed by atoms with van der Waals surface area (Å²) >= 11 is 0. The molecular formula is C21H24N6O2. The van der Waals surface area contributed by atoms with E-state index in [4.69, 9.17) is 0 Å². The molecule has 1 N–H and O–H groups in total. The predicted octanol–water partition coefficient (Wildman–Crippen LogP) is 2.40. The summed E-state index contributed by atoms with van der Waals surface area (Å²) in [5, 5.41) is 11.5. The van der Waals surface area contributed by atoms with Crippen LogP contribution in [0, 0.1) is 6.92 Å². The van der Waals surface area contributed by atoms with Crippen molar-refractivity contribution in [2.24, 2.45) is 0 Å². The second-order valence-electron chi connectivity index (χ2n) is 7.21. The number of anilines is 1. The minimum absolute atomic E-state index is 0.0129. The van der Waals surface area contributed by atoms with Gasteiger partial charge in [-0.1, -0.05) is 6.07 Å². The molecule has 8 heteroatoms. The smallest absolute Gasteiger partial charge is 0.247 e. The van der Waals surface area contributed by atoms with Gasteiger partial charge in [-0.25, -0.2) is 4.68 Å². The van der Waals surface area contributed by atoms with E-state index in [0.29, 0.717) is 31.6 Å². The van der Waals surface area contributed by atoms with Crippen molar-refractivity contribution >= 4 is 17.5 Å². The third-order valence-electron chi connectivity index (χ3n) is 5.09. The molecule has 2 aromatic heterocycles. The molecule has 1 saturated heterocycles. The summed E-state index contributed by atoms with van der Waals surface area (Å²) in [6.07, 6.45) is 7.26. The second kappa shape index (κ2) is 8.30. The van der Waals surface area contributed by atoms with Crippen LogP contribution in [0.1, 0.15) is 25.0 Å². The maximum absolute atomic E-state index is 12.9. The third-order valence-corrected chi connectivity index (χ3v) is 5.09. The molecule has 3 heterocycles. The highest BCUT2D eigenvalue weighted by Gasteiger charge is 2.33. The molecule has 1 fully saturated rings. The number of nitrogens with zero attached hydrogens (tertiary/aromatic N) is 5. The first-order valence-electron chi connectivity index (χ1n) is 9.80. The number of carbonyl (C=O) groups excluding carboxylic acids is 2. The Labute approximate surface area is 169 Å². The Bertz CT molecular complexity index is 994. The summed E-state index contributed by atoms with van der Waals surface area (Å²) in [6.45, 7) is 3.05. The number of benzene rings is 1. The number of likely N-dealkylation sites (tertiary alicyclic amines) is 1. The van der Waals surface area contributed by atoms with Crippen molar-refractivity contribution in [3.05, 3.63) is 60.7 Å². The molecule has 0 aliphatic carbocycles. The average Bonchev–Trinajstić information content (AvgIpc) is 3.47. The summed E-state index contributed by atoms with van der Waals surface area (Å²) in [5.74, 6) is -0.163. The Kier molecular flexibility index (Phi) is 5.41. The van der Waals surface area contributed by atoms with E-state index in [2.05, 4.69) is 15.5 Å². The van der Waals surface area contributed by atoms with Gasteiger partial charge in [-0.15, -0.1) is 0 Å². The first kappa shape index (κ1) is 18.9. The topological polar surface area (TPSA) is 85.0 Å². The molecular weight excluding hydrogens is 368 g/mol. The number of aryl methyl sites for hydroxylation is 2. The predicted molar refractivity (Wildman–Crippen MR) is 109 cm³/mol. The molecule has 1 aliphatic heterocycles. The van der Waals surface area contributed by atoms with Crippen LogP contribution in [0.5, 0.6) is 0 Å². The molecule has 0 radical (unpaired) electrons. The van der Waals surface area contributed by atoms with Crippen LogP contribution in [0.15, 0.2) is 55.0 Å². The van der Waals surface area contributed by atoms with E-state index in [-0.39, 0.29) is 11.8 Å². The van der Waals surface area contributed by atoms with Crippen molar-refractivity contribution in [1.29, 1.82) is 0 Å². The molecule has 0 saturated carbocycles. The fourth-order valence-electron chi connectivity index (χ4n) is 3.65. The van der Waals surface area contributed by atoms with Gasteiger partial charge in [0.1, 0.15) is 6.04 Å². The zero-order chi connectivity index (χ0) is 20.2. The van der Waals surface area contributed by atoms with Crippen molar-refractivity contribution in [3.8, 4) is 5.69 Å². The van der Waals surface area contributed by atoms with E-state index in [1.807, 2.05) is 55.7 Å². The summed E-state index contributed by atoms with van der Waals surface area (Å²) in [6, 6.07) is 10.8. The molecule has 8 nitrogen and oxygen atoms in total. The van der Waals surface area contributed by atoms with Crippen LogP contribution in [0.2, 0.25) is 0 Å². The lowest BCUT2D eigenvalue weighted by Crippen LogP contribution is -2.43. The number of aromatic nitrogens is 4. The number of hydrogen-bond acceptors (Lipinski definition) is 4. The molecule has 150 valence electrons. The summed E-state index contributed by atoms with van der Waals surface area (Å²) < 4.78 is 3.50. The molecule has 4 rings (SSSR count). The monoisotopic (exact) mass is 392 g/mol. The number of carbonyl (C=O) groups is 2. The fourth-order valence-corrected chi connectivity index (χ4v) is 3.65. The van der Waals surface area contributed by atoms with Crippen LogP contribution in [-0.4, -0.2) is 48.9 Å². The quantitative estimate of drug-likeness (QED) is 0.698. The highest BCUT2D eigenvalue weighted by atomic mass is 16.2. The van der Waals surface area contributed by atoms with E-state index in [1.54, 1.807) is 20.5 Å². The standard InChI is InChI=1S/C21H24N6O2/c1-16-8-13-25(24-16)14-9-20(28)26-11-3-7-19(26)21(29)23-17-5-2-6-18(15-17)27-12-4-10-22-27/h2,4-6,8,10,12-13,15,19H,3,7,9,11,14H2,1H3,(H,23,29). The van der Waals surface area contributed by atoms with Gasteiger partial charge in [-0.2, -0.15) is 10.2 Å². The Morgan fingerprint density at radius 3 is 2.86 bits per heavy atom. The molecule has 1 aliphatic rings. The van der Waals surface area contributed by atoms with E-state index >= 15 is 0 Å². The molecule has 3 aromatic rings. The Hall–Kier alpha value is -3.42. The maximum atomic E-state index is 12.9. The molecule has 1 unspecified atom stereocenters. The summed E-state index contributed by atoms with van der Waals surface area (Å²) in [4.78, 5) is 27.3. The molecule has 1 atom stereocenters. The summed E-state index contributed by atoms with van der Waals surface area (Å²) in [5.41, 5.74) is 2.48. The fraction of sp³-hybridized carbons (Fsp3) is 0.333. The van der Waals surface area contributed by atoms with Gasteiger partial charge in [0.2, 0.25) is 11.8 Å². The lowest BCUT2D eigenvalue weighted by molar-refractivity contribution is -0.136. The number of rotatable bonds is 6. The van der Waals surface area contributed by atoms with Crippen LogP contribution in [0.25, 0.3) is 5.69 Å². The van der Waals surface area contributed by atoms with Crippen molar-refractivity contribution in [2.45, 2.75) is 38.8 Å². The zero-order valence-electron chi connectivity index (χ0n) is 16.4. The van der Waals surface area contributed by atoms with Crippen molar-refractivity contribution < 1.29 is 9.59 Å². The van der Waals surface area contributed by atoms with Crippen LogP contribution >= 0.6 is 0 Å². The van der Waals surface area contributed by atoms with Gasteiger partial charge in [0.05, 0.1) is 11.4 Å². The highest BCUT2D eigenvalue weighted by molar-refractivity contribution is 5.97. The van der Waals surface area contributed by atoms with Gasteiger partial charge in [-0.3, -0.25) is 14.3 Å². The van der Waals surface area contributed by atoms with E-state index in [0.717, 1.165) is 17.8 Å². The van der Waals surface area contributed by atoms with Gasteiger partial charge in [-0.05, 0) is 50.1 Å². The normalized spacial score (nSPS) is 16.2. The van der Waals surface area contributed by atoms with Gasteiger partial charge < -0.3 is 10.2 Å². The number of nitrogens with one attached hydrogen (secondary N) is 1. The molecule has 2 amide bonds. The maximum Gasteiger partial charge on any atom is 0.247 e. The van der Waals surface area contributed by atoms with Gasteiger partial charge in [0.15, 0.2) is 0 Å². The molecule has 29 heavy (non-hydrogen) atoms. The minimum Gasteiger partial charge on any atom is -0.331 e. The van der Waals surface area contributed by atoms with Gasteiger partial charge >= 0.3 is 0 Å².